The molecular formula is C11H24N2OS. The first-order valence-electron chi connectivity index (χ1n) is 5.63. The summed E-state index contributed by atoms with van der Waals surface area (Å²) in [7, 11) is 0. The van der Waals surface area contributed by atoms with Gasteiger partial charge in [-0.15, -0.1) is 0 Å². The van der Waals surface area contributed by atoms with Gasteiger partial charge in [-0.3, -0.25) is 4.79 Å². The summed E-state index contributed by atoms with van der Waals surface area (Å²) in [4.78, 5) is 13.9. The topological polar surface area (TPSA) is 46.3 Å². The molecule has 0 aromatic rings. The van der Waals surface area contributed by atoms with E-state index >= 15 is 0 Å². The van der Waals surface area contributed by atoms with Gasteiger partial charge in [-0.05, 0) is 38.7 Å². The number of thioether (sulfide) groups is 1. The Hall–Kier alpha value is -0.220. The lowest BCUT2D eigenvalue weighted by atomic mass is 10.1. The Kier molecular flexibility index (Phi) is 7.88. The summed E-state index contributed by atoms with van der Waals surface area (Å²) in [6.45, 7) is 6.92. The number of hydrogen-bond acceptors (Lipinski definition) is 3. The molecule has 2 N–H and O–H groups in total. The molecule has 4 heteroatoms. The molecule has 0 spiro atoms. The molecule has 0 aliphatic carbocycles. The maximum Gasteiger partial charge on any atom is 0.239 e. The summed E-state index contributed by atoms with van der Waals surface area (Å²) in [5, 5.41) is 0. The molecule has 0 aromatic carbocycles. The molecule has 0 fully saturated rings. The van der Waals surface area contributed by atoms with Crippen LogP contribution >= 0.6 is 11.8 Å². The average molecular weight is 232 g/mol. The van der Waals surface area contributed by atoms with Crippen molar-refractivity contribution in [2.24, 2.45) is 5.73 Å². The molecule has 0 saturated carbocycles. The van der Waals surface area contributed by atoms with Gasteiger partial charge in [-0.2, -0.15) is 11.8 Å². The Labute approximate surface area is 97.8 Å². The summed E-state index contributed by atoms with van der Waals surface area (Å²) in [5.41, 5.74) is 5.87. The zero-order valence-electron chi connectivity index (χ0n) is 10.3. The fourth-order valence-corrected chi connectivity index (χ4v) is 1.98. The molecule has 0 radical (unpaired) electrons. The lowest BCUT2D eigenvalue weighted by Crippen LogP contribution is -2.47. The van der Waals surface area contributed by atoms with Gasteiger partial charge in [0.25, 0.3) is 0 Å². The standard InChI is InChI=1S/C11H24N2OS/c1-5-9(3)13(6-2)11(14)10(12)7-8-15-4/h9-10H,5-8,12H2,1-4H3/t9?,10-/m0/s1. The van der Waals surface area contributed by atoms with E-state index in [9.17, 15) is 4.79 Å². The second-order valence-electron chi connectivity index (χ2n) is 3.77. The third-order valence-electron chi connectivity index (χ3n) is 2.70. The third kappa shape index (κ3) is 4.89. The fraction of sp³-hybridized carbons (Fsp3) is 0.909. The van der Waals surface area contributed by atoms with E-state index < -0.39 is 0 Å². The molecular weight excluding hydrogens is 208 g/mol. The summed E-state index contributed by atoms with van der Waals surface area (Å²) < 4.78 is 0. The minimum Gasteiger partial charge on any atom is -0.339 e. The van der Waals surface area contributed by atoms with E-state index in [-0.39, 0.29) is 11.9 Å². The van der Waals surface area contributed by atoms with Gasteiger partial charge in [0.15, 0.2) is 0 Å². The highest BCUT2D eigenvalue weighted by atomic mass is 32.2. The molecule has 0 saturated heterocycles. The highest BCUT2D eigenvalue weighted by Crippen LogP contribution is 2.08. The van der Waals surface area contributed by atoms with Crippen LogP contribution in [0.5, 0.6) is 0 Å². The SMILES string of the molecule is CCC(C)N(CC)C(=O)[C@@H](N)CCSC. The normalized spacial score (nSPS) is 14.7. The second kappa shape index (κ2) is 7.99. The van der Waals surface area contributed by atoms with Crippen LogP contribution in [0.1, 0.15) is 33.6 Å². The minimum absolute atomic E-state index is 0.0981. The first-order chi connectivity index (χ1) is 7.08. The molecule has 90 valence electrons. The van der Waals surface area contributed by atoms with Crippen molar-refractivity contribution in [2.45, 2.75) is 45.7 Å². The van der Waals surface area contributed by atoms with E-state index in [1.54, 1.807) is 11.8 Å². The largest absolute Gasteiger partial charge is 0.339 e. The van der Waals surface area contributed by atoms with Crippen LogP contribution in [0, 0.1) is 0 Å². The zero-order valence-corrected chi connectivity index (χ0v) is 11.1. The van der Waals surface area contributed by atoms with Gasteiger partial charge in [-0.25, -0.2) is 0 Å². The van der Waals surface area contributed by atoms with Crippen LogP contribution in [0.3, 0.4) is 0 Å². The molecule has 0 rings (SSSR count). The highest BCUT2D eigenvalue weighted by molar-refractivity contribution is 7.98. The molecule has 15 heavy (non-hydrogen) atoms. The Morgan fingerprint density at radius 1 is 1.47 bits per heavy atom. The van der Waals surface area contributed by atoms with Crippen molar-refractivity contribution in [1.82, 2.24) is 4.90 Å². The summed E-state index contributed by atoms with van der Waals surface area (Å²) in [6.07, 6.45) is 3.78. The van der Waals surface area contributed by atoms with Crippen molar-refractivity contribution in [3.05, 3.63) is 0 Å². The van der Waals surface area contributed by atoms with Crippen LogP contribution in [0.15, 0.2) is 0 Å². The Morgan fingerprint density at radius 2 is 2.07 bits per heavy atom. The number of rotatable bonds is 7. The molecule has 3 nitrogen and oxygen atoms in total. The molecule has 2 atom stereocenters. The van der Waals surface area contributed by atoms with Gasteiger partial charge in [0.05, 0.1) is 6.04 Å². The maximum atomic E-state index is 12.0. The van der Waals surface area contributed by atoms with E-state index in [1.165, 1.54) is 0 Å². The molecule has 0 aliphatic heterocycles. The van der Waals surface area contributed by atoms with Crippen LogP contribution in [-0.2, 0) is 4.79 Å². The summed E-state index contributed by atoms with van der Waals surface area (Å²) in [5.74, 6) is 1.05. The number of hydrogen-bond donors (Lipinski definition) is 1. The lowest BCUT2D eigenvalue weighted by molar-refractivity contribution is -0.134. The number of carbonyl (C=O) groups is 1. The molecule has 0 aromatic heterocycles. The van der Waals surface area contributed by atoms with E-state index in [4.69, 9.17) is 5.73 Å². The van der Waals surface area contributed by atoms with E-state index in [1.807, 2.05) is 18.1 Å². The van der Waals surface area contributed by atoms with Crippen molar-refractivity contribution >= 4 is 17.7 Å². The predicted molar refractivity (Wildman–Crippen MR) is 68.1 cm³/mol. The van der Waals surface area contributed by atoms with Gasteiger partial charge in [0.1, 0.15) is 0 Å². The van der Waals surface area contributed by atoms with Crippen molar-refractivity contribution in [2.75, 3.05) is 18.6 Å². The maximum absolute atomic E-state index is 12.0. The van der Waals surface area contributed by atoms with E-state index in [2.05, 4.69) is 13.8 Å². The molecule has 1 unspecified atom stereocenters. The number of nitrogens with zero attached hydrogens (tertiary/aromatic N) is 1. The van der Waals surface area contributed by atoms with Crippen molar-refractivity contribution in [3.8, 4) is 0 Å². The quantitative estimate of drug-likeness (QED) is 0.727. The van der Waals surface area contributed by atoms with Crippen molar-refractivity contribution < 1.29 is 4.79 Å². The Morgan fingerprint density at radius 3 is 2.47 bits per heavy atom. The number of nitrogens with two attached hydrogens (primary N) is 1. The van der Waals surface area contributed by atoms with Gasteiger partial charge in [-0.1, -0.05) is 6.92 Å². The number of amides is 1. The molecule has 1 amide bonds. The highest BCUT2D eigenvalue weighted by Gasteiger charge is 2.22. The van der Waals surface area contributed by atoms with Gasteiger partial charge >= 0.3 is 0 Å². The predicted octanol–water partition coefficient (Wildman–Crippen LogP) is 1.71. The molecule has 0 heterocycles. The number of carbonyl (C=O) groups excluding carboxylic acids is 1. The van der Waals surface area contributed by atoms with Crippen LogP contribution in [-0.4, -0.2) is 41.4 Å². The van der Waals surface area contributed by atoms with Crippen LogP contribution in [0.25, 0.3) is 0 Å². The van der Waals surface area contributed by atoms with Crippen molar-refractivity contribution in [1.29, 1.82) is 0 Å². The number of likely N-dealkylation sites (N-methyl/N-ethyl adjacent to an activating group) is 1. The van der Waals surface area contributed by atoms with E-state index in [0.717, 1.165) is 25.1 Å². The zero-order chi connectivity index (χ0) is 11.8. The van der Waals surface area contributed by atoms with E-state index in [0.29, 0.717) is 6.04 Å². The van der Waals surface area contributed by atoms with Crippen LogP contribution < -0.4 is 5.73 Å². The smallest absolute Gasteiger partial charge is 0.239 e. The first kappa shape index (κ1) is 14.8. The van der Waals surface area contributed by atoms with Gasteiger partial charge in [0.2, 0.25) is 5.91 Å². The Balaban J connectivity index is 4.24. The second-order valence-corrected chi connectivity index (χ2v) is 4.76. The first-order valence-corrected chi connectivity index (χ1v) is 7.02. The van der Waals surface area contributed by atoms with Crippen LogP contribution in [0.4, 0.5) is 0 Å². The molecule has 0 bridgehead atoms. The van der Waals surface area contributed by atoms with Crippen LogP contribution in [0.2, 0.25) is 0 Å². The summed E-state index contributed by atoms with van der Waals surface area (Å²) in [6, 6.07) is -0.0331. The fourth-order valence-electron chi connectivity index (χ4n) is 1.49. The summed E-state index contributed by atoms with van der Waals surface area (Å²) >= 11 is 1.73. The minimum atomic E-state index is -0.327. The average Bonchev–Trinajstić information content (AvgIpc) is 2.26. The van der Waals surface area contributed by atoms with Crippen molar-refractivity contribution in [3.63, 3.8) is 0 Å². The lowest BCUT2D eigenvalue weighted by Gasteiger charge is -2.29. The van der Waals surface area contributed by atoms with Gasteiger partial charge in [0, 0.05) is 12.6 Å². The van der Waals surface area contributed by atoms with Gasteiger partial charge < -0.3 is 10.6 Å². The monoisotopic (exact) mass is 232 g/mol. The molecule has 0 aliphatic rings. The Bertz CT molecular complexity index is 187. The third-order valence-corrected chi connectivity index (χ3v) is 3.34.